The number of rotatable bonds is 5. The minimum atomic E-state index is -3.59. The predicted molar refractivity (Wildman–Crippen MR) is 82.9 cm³/mol. The van der Waals surface area contributed by atoms with E-state index in [-0.39, 0.29) is 18.1 Å². The Kier molecular flexibility index (Phi) is 5.01. The van der Waals surface area contributed by atoms with Crippen molar-refractivity contribution in [2.24, 2.45) is 5.14 Å². The molecular weight excluding hydrogens is 314 g/mol. The molecule has 1 aromatic rings. The van der Waals surface area contributed by atoms with E-state index in [0.29, 0.717) is 4.88 Å². The highest BCUT2D eigenvalue weighted by molar-refractivity contribution is 7.89. The lowest BCUT2D eigenvalue weighted by molar-refractivity contribution is 0.0961. The van der Waals surface area contributed by atoms with Crippen molar-refractivity contribution in [3.05, 3.63) is 4.88 Å². The maximum Gasteiger partial charge on any atom is 0.265 e. The molecule has 0 radical (unpaired) electrons. The quantitative estimate of drug-likeness (QED) is 0.680. The Labute approximate surface area is 127 Å². The molecule has 1 saturated heterocycles. The molecule has 5 N–H and O–H groups in total. The molecule has 2 heterocycles. The van der Waals surface area contributed by atoms with Gasteiger partial charge in [-0.1, -0.05) is 11.3 Å². The van der Waals surface area contributed by atoms with Crippen molar-refractivity contribution in [3.63, 3.8) is 0 Å². The van der Waals surface area contributed by atoms with Crippen molar-refractivity contribution in [1.29, 1.82) is 0 Å². The standard InChI is InChI=1S/C11H19N5O3S2/c12-9-8(10(17)14-4-7-21(13,18)19)20-11(15-9)16-5-2-1-3-6-16/h1-7,12H2,(H,14,17)(H2,13,18,19). The molecule has 118 valence electrons. The van der Waals surface area contributed by atoms with E-state index in [2.05, 4.69) is 15.2 Å². The van der Waals surface area contributed by atoms with E-state index in [0.717, 1.165) is 31.1 Å². The molecule has 1 amide bonds. The summed E-state index contributed by atoms with van der Waals surface area (Å²) >= 11 is 1.23. The Morgan fingerprint density at radius 2 is 2.00 bits per heavy atom. The second-order valence-corrected chi connectivity index (χ2v) is 7.59. The van der Waals surface area contributed by atoms with Crippen LogP contribution in [0, 0.1) is 0 Å². The highest BCUT2D eigenvalue weighted by Gasteiger charge is 2.20. The normalized spacial score (nSPS) is 16.0. The number of piperidine rings is 1. The minimum Gasteiger partial charge on any atom is -0.382 e. The van der Waals surface area contributed by atoms with E-state index in [1.165, 1.54) is 17.8 Å². The van der Waals surface area contributed by atoms with Gasteiger partial charge < -0.3 is 16.0 Å². The molecule has 21 heavy (non-hydrogen) atoms. The first-order chi connectivity index (χ1) is 9.87. The predicted octanol–water partition coefficient (Wildman–Crippen LogP) is -0.266. The first-order valence-corrected chi connectivity index (χ1v) is 9.20. The minimum absolute atomic E-state index is 0.0476. The number of primary sulfonamides is 1. The van der Waals surface area contributed by atoms with Gasteiger partial charge in [0.05, 0.1) is 5.75 Å². The lowest BCUT2D eigenvalue weighted by Gasteiger charge is -2.25. The van der Waals surface area contributed by atoms with E-state index < -0.39 is 15.9 Å². The van der Waals surface area contributed by atoms with Crippen LogP contribution in [0.15, 0.2) is 0 Å². The second kappa shape index (κ2) is 6.58. The molecular formula is C11H19N5O3S2. The van der Waals surface area contributed by atoms with Crippen LogP contribution in [0.5, 0.6) is 0 Å². The van der Waals surface area contributed by atoms with Crippen molar-refractivity contribution in [1.82, 2.24) is 10.3 Å². The number of carbonyl (C=O) groups is 1. The average Bonchev–Trinajstić information content (AvgIpc) is 2.80. The van der Waals surface area contributed by atoms with Gasteiger partial charge in [-0.2, -0.15) is 0 Å². The van der Waals surface area contributed by atoms with Gasteiger partial charge in [-0.3, -0.25) is 4.79 Å². The number of nitrogens with two attached hydrogens (primary N) is 2. The molecule has 0 spiro atoms. The molecule has 1 fully saturated rings. The van der Waals surface area contributed by atoms with Crippen molar-refractivity contribution < 1.29 is 13.2 Å². The Morgan fingerprint density at radius 3 is 2.62 bits per heavy atom. The van der Waals surface area contributed by atoms with Gasteiger partial charge in [-0.15, -0.1) is 0 Å². The fourth-order valence-corrected chi connectivity index (χ4v) is 3.43. The number of anilines is 2. The number of nitrogens with zero attached hydrogens (tertiary/aromatic N) is 2. The molecule has 8 nitrogen and oxygen atoms in total. The summed E-state index contributed by atoms with van der Waals surface area (Å²) in [5.74, 6) is -0.554. The van der Waals surface area contributed by atoms with Crippen molar-refractivity contribution in [2.75, 3.05) is 36.0 Å². The van der Waals surface area contributed by atoms with Crippen molar-refractivity contribution >= 4 is 38.2 Å². The van der Waals surface area contributed by atoms with E-state index in [4.69, 9.17) is 10.9 Å². The molecule has 10 heteroatoms. The topological polar surface area (TPSA) is 131 Å². The van der Waals surface area contributed by atoms with Crippen LogP contribution in [0.1, 0.15) is 28.9 Å². The SMILES string of the molecule is Nc1nc(N2CCCCC2)sc1C(=O)NCCS(N)(=O)=O. The number of hydrogen-bond donors (Lipinski definition) is 3. The lowest BCUT2D eigenvalue weighted by Crippen LogP contribution is -2.31. The Morgan fingerprint density at radius 1 is 1.33 bits per heavy atom. The van der Waals surface area contributed by atoms with E-state index in [9.17, 15) is 13.2 Å². The molecule has 0 saturated carbocycles. The highest BCUT2D eigenvalue weighted by atomic mass is 32.2. The van der Waals surface area contributed by atoms with Crippen LogP contribution in [-0.2, 0) is 10.0 Å². The van der Waals surface area contributed by atoms with Crippen LogP contribution >= 0.6 is 11.3 Å². The number of hydrogen-bond acceptors (Lipinski definition) is 7. The summed E-state index contributed by atoms with van der Waals surface area (Å²) in [7, 11) is -3.59. The van der Waals surface area contributed by atoms with Gasteiger partial charge in [0.2, 0.25) is 10.0 Å². The summed E-state index contributed by atoms with van der Waals surface area (Å²) in [5, 5.41) is 8.10. The summed E-state index contributed by atoms with van der Waals surface area (Å²) in [6, 6.07) is 0. The first kappa shape index (κ1) is 16.0. The van der Waals surface area contributed by atoms with Gasteiger partial charge in [0.25, 0.3) is 5.91 Å². The number of thiazole rings is 1. The number of nitrogens with one attached hydrogen (secondary N) is 1. The fourth-order valence-electron chi connectivity index (χ4n) is 2.09. The average molecular weight is 333 g/mol. The van der Waals surface area contributed by atoms with Crippen LogP contribution in [0.3, 0.4) is 0 Å². The van der Waals surface area contributed by atoms with E-state index in [1.807, 2.05) is 0 Å². The van der Waals surface area contributed by atoms with Gasteiger partial charge in [-0.25, -0.2) is 18.5 Å². The van der Waals surface area contributed by atoms with Crippen LogP contribution < -0.4 is 21.1 Å². The van der Waals surface area contributed by atoms with Crippen LogP contribution in [-0.4, -0.2) is 44.7 Å². The zero-order chi connectivity index (χ0) is 15.5. The molecule has 2 rings (SSSR count). The Hall–Kier alpha value is -1.39. The Bertz CT molecular complexity index is 607. The molecule has 0 atom stereocenters. The summed E-state index contributed by atoms with van der Waals surface area (Å²) in [4.78, 5) is 18.6. The summed E-state index contributed by atoms with van der Waals surface area (Å²) in [5.41, 5.74) is 5.78. The van der Waals surface area contributed by atoms with E-state index in [1.54, 1.807) is 0 Å². The van der Waals surface area contributed by atoms with Gasteiger partial charge in [-0.05, 0) is 19.3 Å². The number of aromatic nitrogens is 1. The van der Waals surface area contributed by atoms with Gasteiger partial charge in [0, 0.05) is 19.6 Å². The zero-order valence-electron chi connectivity index (χ0n) is 11.5. The molecule has 1 aromatic heterocycles. The van der Waals surface area contributed by atoms with Crippen LogP contribution in [0.2, 0.25) is 0 Å². The third kappa shape index (κ3) is 4.55. The van der Waals surface area contributed by atoms with Gasteiger partial charge >= 0.3 is 0 Å². The van der Waals surface area contributed by atoms with Crippen LogP contribution in [0.25, 0.3) is 0 Å². The third-order valence-electron chi connectivity index (χ3n) is 3.15. The lowest BCUT2D eigenvalue weighted by atomic mass is 10.1. The Balaban J connectivity index is 1.99. The molecule has 0 bridgehead atoms. The molecule has 1 aliphatic rings. The zero-order valence-corrected chi connectivity index (χ0v) is 13.2. The maximum absolute atomic E-state index is 12.0. The van der Waals surface area contributed by atoms with E-state index >= 15 is 0 Å². The van der Waals surface area contributed by atoms with Crippen molar-refractivity contribution in [2.45, 2.75) is 19.3 Å². The number of sulfonamides is 1. The number of nitrogen functional groups attached to an aromatic ring is 1. The monoisotopic (exact) mass is 333 g/mol. The largest absolute Gasteiger partial charge is 0.382 e. The number of amides is 1. The first-order valence-electron chi connectivity index (χ1n) is 6.67. The maximum atomic E-state index is 12.0. The van der Waals surface area contributed by atoms with Crippen LogP contribution in [0.4, 0.5) is 10.9 Å². The third-order valence-corrected chi connectivity index (χ3v) is 5.05. The molecule has 0 aromatic carbocycles. The molecule has 1 aliphatic heterocycles. The second-order valence-electron chi connectivity index (χ2n) is 4.88. The smallest absolute Gasteiger partial charge is 0.265 e. The fraction of sp³-hybridized carbons (Fsp3) is 0.636. The number of carbonyl (C=O) groups excluding carboxylic acids is 1. The summed E-state index contributed by atoms with van der Waals surface area (Å²) in [6.45, 7) is 1.78. The molecule has 0 unspecified atom stereocenters. The summed E-state index contributed by atoms with van der Waals surface area (Å²) in [6.07, 6.45) is 3.42. The summed E-state index contributed by atoms with van der Waals surface area (Å²) < 4.78 is 21.6. The van der Waals surface area contributed by atoms with Gasteiger partial charge in [0.1, 0.15) is 10.7 Å². The van der Waals surface area contributed by atoms with Gasteiger partial charge in [0.15, 0.2) is 5.13 Å². The highest BCUT2D eigenvalue weighted by Crippen LogP contribution is 2.29. The molecule has 0 aliphatic carbocycles. The van der Waals surface area contributed by atoms with Crippen molar-refractivity contribution in [3.8, 4) is 0 Å².